The van der Waals surface area contributed by atoms with Crippen LogP contribution in [0.2, 0.25) is 5.02 Å². The van der Waals surface area contributed by atoms with Gasteiger partial charge in [-0.1, -0.05) is 35.9 Å². The molecule has 34 heavy (non-hydrogen) atoms. The molecule has 1 saturated heterocycles. The maximum Gasteiger partial charge on any atom is 0.199 e. The zero-order valence-corrected chi connectivity index (χ0v) is 19.3. The number of imidazole rings is 1. The standard InChI is InChI=1S/C27H24ClN5O/c28-19-6-9-21-23(14-19)32-27(34)25(21)26(18-5-10-22-24(13-18)30-16-29-22)31-20-7-3-17(4-8-20)15-33-11-1-2-12-33/h3-10,13-14,16,32,34H,1-2,11-12,15H2,(H,29,30). The van der Waals surface area contributed by atoms with Crippen LogP contribution in [0, 0.1) is 0 Å². The van der Waals surface area contributed by atoms with Gasteiger partial charge < -0.3 is 15.1 Å². The van der Waals surface area contributed by atoms with Crippen molar-refractivity contribution in [2.24, 2.45) is 4.99 Å². The molecule has 2 aromatic heterocycles. The van der Waals surface area contributed by atoms with E-state index in [1.807, 2.05) is 48.5 Å². The van der Waals surface area contributed by atoms with E-state index in [-0.39, 0.29) is 5.88 Å². The van der Waals surface area contributed by atoms with Crippen LogP contribution in [0.4, 0.5) is 5.69 Å². The first-order valence-electron chi connectivity index (χ1n) is 11.5. The fraction of sp³-hybridized carbons (Fsp3) is 0.185. The summed E-state index contributed by atoms with van der Waals surface area (Å²) >= 11 is 6.19. The van der Waals surface area contributed by atoms with Gasteiger partial charge in [0.2, 0.25) is 0 Å². The molecule has 6 rings (SSSR count). The topological polar surface area (TPSA) is 80.3 Å². The predicted molar refractivity (Wildman–Crippen MR) is 137 cm³/mol. The first-order chi connectivity index (χ1) is 16.6. The Hall–Kier alpha value is -3.61. The number of fused-ring (bicyclic) bond motifs is 2. The third-order valence-corrected chi connectivity index (χ3v) is 6.69. The molecule has 0 unspecified atom stereocenters. The minimum absolute atomic E-state index is 0.0615. The number of aromatic hydroxyl groups is 1. The molecule has 170 valence electrons. The van der Waals surface area contributed by atoms with Crippen molar-refractivity contribution in [3.63, 3.8) is 0 Å². The number of nitrogens with one attached hydrogen (secondary N) is 2. The Balaban J connectivity index is 1.46. The Bertz CT molecular complexity index is 1510. The summed E-state index contributed by atoms with van der Waals surface area (Å²) < 4.78 is 0. The first kappa shape index (κ1) is 21.0. The lowest BCUT2D eigenvalue weighted by Crippen LogP contribution is -2.18. The number of H-pyrrole nitrogens is 2. The Labute approximate surface area is 201 Å². The number of aliphatic imine (C=N–C) groups is 1. The predicted octanol–water partition coefficient (Wildman–Crippen LogP) is 6.17. The molecule has 0 atom stereocenters. The number of benzene rings is 3. The lowest BCUT2D eigenvalue weighted by Gasteiger charge is -2.14. The third-order valence-electron chi connectivity index (χ3n) is 6.45. The maximum atomic E-state index is 10.9. The highest BCUT2D eigenvalue weighted by Crippen LogP contribution is 2.33. The molecule has 0 amide bonds. The largest absolute Gasteiger partial charge is 0.494 e. The number of halogens is 1. The van der Waals surface area contributed by atoms with Gasteiger partial charge in [0, 0.05) is 22.5 Å². The number of nitrogens with zero attached hydrogens (tertiary/aromatic N) is 3. The van der Waals surface area contributed by atoms with Crippen LogP contribution in [0.25, 0.3) is 21.9 Å². The summed E-state index contributed by atoms with van der Waals surface area (Å²) in [4.78, 5) is 18.1. The Morgan fingerprint density at radius 2 is 1.82 bits per heavy atom. The van der Waals surface area contributed by atoms with Crippen LogP contribution in [0.1, 0.15) is 29.5 Å². The second kappa shape index (κ2) is 8.63. The molecule has 6 nitrogen and oxygen atoms in total. The van der Waals surface area contributed by atoms with E-state index < -0.39 is 0 Å². The highest BCUT2D eigenvalue weighted by Gasteiger charge is 2.20. The lowest BCUT2D eigenvalue weighted by atomic mass is 10.00. The fourth-order valence-electron chi connectivity index (χ4n) is 4.75. The van der Waals surface area contributed by atoms with Crippen LogP contribution in [0.5, 0.6) is 5.88 Å². The van der Waals surface area contributed by atoms with E-state index in [1.54, 1.807) is 6.33 Å². The first-order valence-corrected chi connectivity index (χ1v) is 11.9. The van der Waals surface area contributed by atoms with Crippen LogP contribution in [-0.2, 0) is 6.54 Å². The van der Waals surface area contributed by atoms with E-state index >= 15 is 0 Å². The average Bonchev–Trinajstić information content (AvgIpc) is 3.58. The van der Waals surface area contributed by atoms with Crippen molar-refractivity contribution in [2.75, 3.05) is 13.1 Å². The van der Waals surface area contributed by atoms with Crippen LogP contribution in [0.15, 0.2) is 72.0 Å². The molecule has 1 aliphatic heterocycles. The van der Waals surface area contributed by atoms with E-state index in [9.17, 15) is 5.11 Å². The van der Waals surface area contributed by atoms with Crippen molar-refractivity contribution < 1.29 is 5.11 Å². The van der Waals surface area contributed by atoms with E-state index in [1.165, 1.54) is 31.5 Å². The smallest absolute Gasteiger partial charge is 0.199 e. The van der Waals surface area contributed by atoms with Crippen LogP contribution in [0.3, 0.4) is 0 Å². The van der Waals surface area contributed by atoms with E-state index in [0.29, 0.717) is 16.3 Å². The Morgan fingerprint density at radius 3 is 2.65 bits per heavy atom. The minimum Gasteiger partial charge on any atom is -0.494 e. The molecule has 0 saturated carbocycles. The van der Waals surface area contributed by atoms with Gasteiger partial charge in [0.25, 0.3) is 0 Å². The summed E-state index contributed by atoms with van der Waals surface area (Å²) in [6.45, 7) is 3.31. The molecule has 0 radical (unpaired) electrons. The van der Waals surface area contributed by atoms with Gasteiger partial charge >= 0.3 is 0 Å². The minimum atomic E-state index is 0.0615. The number of aromatic amines is 2. The molecule has 3 heterocycles. The molecule has 5 aromatic rings. The normalized spacial score (nSPS) is 15.0. The molecule has 1 fully saturated rings. The Morgan fingerprint density at radius 1 is 1.00 bits per heavy atom. The molecule has 0 bridgehead atoms. The molecular weight excluding hydrogens is 446 g/mol. The number of likely N-dealkylation sites (tertiary alicyclic amines) is 1. The van der Waals surface area contributed by atoms with Crippen molar-refractivity contribution in [1.29, 1.82) is 0 Å². The highest BCUT2D eigenvalue weighted by molar-refractivity contribution is 6.31. The molecule has 0 spiro atoms. The summed E-state index contributed by atoms with van der Waals surface area (Å²) in [6.07, 6.45) is 4.24. The maximum absolute atomic E-state index is 10.9. The highest BCUT2D eigenvalue weighted by atomic mass is 35.5. The summed E-state index contributed by atoms with van der Waals surface area (Å²) in [5.41, 5.74) is 6.86. The van der Waals surface area contributed by atoms with Crippen molar-refractivity contribution in [1.82, 2.24) is 19.9 Å². The molecule has 0 aliphatic carbocycles. The number of hydrogen-bond acceptors (Lipinski definition) is 4. The van der Waals surface area contributed by atoms with Gasteiger partial charge in [0.1, 0.15) is 0 Å². The molecular formula is C27H24ClN5O. The van der Waals surface area contributed by atoms with Gasteiger partial charge in [-0.2, -0.15) is 0 Å². The lowest BCUT2D eigenvalue weighted by molar-refractivity contribution is 0.331. The number of aromatic nitrogens is 3. The summed E-state index contributed by atoms with van der Waals surface area (Å²) in [5.74, 6) is 0.0615. The average molecular weight is 470 g/mol. The third kappa shape index (κ3) is 3.95. The van der Waals surface area contributed by atoms with Gasteiger partial charge in [0.05, 0.1) is 39.8 Å². The summed E-state index contributed by atoms with van der Waals surface area (Å²) in [7, 11) is 0. The number of hydrogen-bond donors (Lipinski definition) is 3. The van der Waals surface area contributed by atoms with Gasteiger partial charge in [-0.05, 0) is 67.9 Å². The van der Waals surface area contributed by atoms with Crippen LogP contribution >= 0.6 is 11.6 Å². The number of rotatable bonds is 5. The zero-order valence-electron chi connectivity index (χ0n) is 18.6. The summed E-state index contributed by atoms with van der Waals surface area (Å²) in [6, 6.07) is 19.9. The van der Waals surface area contributed by atoms with Gasteiger partial charge in [-0.25, -0.2) is 9.98 Å². The second-order valence-corrected chi connectivity index (χ2v) is 9.22. The van der Waals surface area contributed by atoms with E-state index in [2.05, 4.69) is 32.0 Å². The quantitative estimate of drug-likeness (QED) is 0.269. The van der Waals surface area contributed by atoms with E-state index in [0.717, 1.165) is 39.7 Å². The molecule has 3 N–H and O–H groups in total. The van der Waals surface area contributed by atoms with Crippen LogP contribution < -0.4 is 0 Å². The summed E-state index contributed by atoms with van der Waals surface area (Å²) in [5, 5.41) is 12.4. The zero-order chi connectivity index (χ0) is 23.1. The monoisotopic (exact) mass is 469 g/mol. The molecule has 7 heteroatoms. The van der Waals surface area contributed by atoms with Crippen molar-refractivity contribution in [3.05, 3.63) is 88.7 Å². The molecule has 1 aliphatic rings. The van der Waals surface area contributed by atoms with Gasteiger partial charge in [-0.3, -0.25) is 4.90 Å². The van der Waals surface area contributed by atoms with Crippen molar-refractivity contribution in [3.8, 4) is 5.88 Å². The van der Waals surface area contributed by atoms with Crippen molar-refractivity contribution in [2.45, 2.75) is 19.4 Å². The fourth-order valence-corrected chi connectivity index (χ4v) is 4.92. The van der Waals surface area contributed by atoms with Gasteiger partial charge in [0.15, 0.2) is 5.88 Å². The van der Waals surface area contributed by atoms with Crippen molar-refractivity contribution >= 4 is 44.9 Å². The van der Waals surface area contributed by atoms with E-state index in [4.69, 9.17) is 16.6 Å². The van der Waals surface area contributed by atoms with Gasteiger partial charge in [-0.15, -0.1) is 0 Å². The Kier molecular flexibility index (Phi) is 5.32. The molecule has 3 aromatic carbocycles. The second-order valence-electron chi connectivity index (χ2n) is 8.78. The SMILES string of the molecule is Oc1[nH]c2cc(Cl)ccc2c1C(=Nc1ccc(CN2CCCC2)cc1)c1ccc2nc[nH]c2c1. The van der Waals surface area contributed by atoms with Crippen LogP contribution in [-0.4, -0.2) is 43.8 Å².